The first-order valence-electron chi connectivity index (χ1n) is 5.33. The summed E-state index contributed by atoms with van der Waals surface area (Å²) in [6.07, 6.45) is 5.77. The van der Waals surface area contributed by atoms with Gasteiger partial charge in [-0.3, -0.25) is 0 Å². The number of nitrogens with zero attached hydrogens (tertiary/aromatic N) is 3. The Kier molecular flexibility index (Phi) is 2.82. The molecule has 0 aliphatic heterocycles. The van der Waals surface area contributed by atoms with Crippen LogP contribution in [0.1, 0.15) is 32.0 Å². The molecule has 1 heterocycles. The lowest BCUT2D eigenvalue weighted by molar-refractivity contribution is 0.418. The van der Waals surface area contributed by atoms with Gasteiger partial charge in [0.05, 0.1) is 6.54 Å². The monoisotopic (exact) mass is 194 g/mol. The minimum absolute atomic E-state index is 0.673. The first-order valence-corrected chi connectivity index (χ1v) is 5.33. The summed E-state index contributed by atoms with van der Waals surface area (Å²) in [5.74, 6) is 1.83. The molecule has 1 fully saturated rings. The van der Waals surface area contributed by atoms with Gasteiger partial charge in [0, 0.05) is 13.1 Å². The number of hydrogen-bond acceptors (Lipinski definition) is 3. The second-order valence-electron chi connectivity index (χ2n) is 4.25. The summed E-state index contributed by atoms with van der Waals surface area (Å²) in [5, 5.41) is 11.5. The molecule has 0 radical (unpaired) electrons. The van der Waals surface area contributed by atoms with Crippen LogP contribution >= 0.6 is 0 Å². The van der Waals surface area contributed by atoms with Gasteiger partial charge >= 0.3 is 0 Å². The van der Waals surface area contributed by atoms with E-state index < -0.39 is 0 Å². The van der Waals surface area contributed by atoms with E-state index in [9.17, 15) is 0 Å². The Hall–Kier alpha value is -0.900. The number of rotatable bonds is 3. The summed E-state index contributed by atoms with van der Waals surface area (Å²) in [6, 6.07) is 0.673. The minimum atomic E-state index is 0.673. The van der Waals surface area contributed by atoms with E-state index in [0.29, 0.717) is 6.04 Å². The molecule has 1 aromatic rings. The Balaban J connectivity index is 1.85. The Morgan fingerprint density at radius 1 is 1.57 bits per heavy atom. The van der Waals surface area contributed by atoms with Crippen LogP contribution in [0.4, 0.5) is 0 Å². The van der Waals surface area contributed by atoms with E-state index in [-0.39, 0.29) is 0 Å². The van der Waals surface area contributed by atoms with E-state index in [1.807, 2.05) is 11.6 Å². The summed E-state index contributed by atoms with van der Waals surface area (Å²) in [7, 11) is 1.98. The maximum absolute atomic E-state index is 4.05. The van der Waals surface area contributed by atoms with Crippen molar-refractivity contribution in [1.82, 2.24) is 20.1 Å². The SMILES string of the molecule is CC1CCCC1NCc1nncn1C. The molecule has 0 amide bonds. The highest BCUT2D eigenvalue weighted by Crippen LogP contribution is 2.24. The maximum Gasteiger partial charge on any atom is 0.146 e. The topological polar surface area (TPSA) is 42.7 Å². The number of aryl methyl sites for hydroxylation is 1. The molecule has 4 heteroatoms. The molecule has 1 aliphatic rings. The quantitative estimate of drug-likeness (QED) is 0.783. The van der Waals surface area contributed by atoms with Gasteiger partial charge in [-0.2, -0.15) is 0 Å². The molecule has 1 N–H and O–H groups in total. The highest BCUT2D eigenvalue weighted by Gasteiger charge is 2.22. The van der Waals surface area contributed by atoms with E-state index in [2.05, 4.69) is 22.4 Å². The second-order valence-corrected chi connectivity index (χ2v) is 4.25. The highest BCUT2D eigenvalue weighted by molar-refractivity contribution is 4.87. The molecule has 0 spiro atoms. The highest BCUT2D eigenvalue weighted by atomic mass is 15.3. The van der Waals surface area contributed by atoms with Gasteiger partial charge in [0.15, 0.2) is 0 Å². The molecule has 2 rings (SSSR count). The van der Waals surface area contributed by atoms with E-state index in [1.54, 1.807) is 6.33 Å². The Morgan fingerprint density at radius 3 is 3.00 bits per heavy atom. The van der Waals surface area contributed by atoms with Crippen LogP contribution in [-0.4, -0.2) is 20.8 Å². The molecule has 0 saturated heterocycles. The summed E-state index contributed by atoms with van der Waals surface area (Å²) in [5.41, 5.74) is 0. The van der Waals surface area contributed by atoms with Gasteiger partial charge in [0.1, 0.15) is 12.2 Å². The normalized spacial score (nSPS) is 27.0. The third-order valence-electron chi connectivity index (χ3n) is 3.19. The largest absolute Gasteiger partial charge is 0.320 e. The lowest BCUT2D eigenvalue weighted by atomic mass is 10.1. The molecule has 78 valence electrons. The predicted octanol–water partition coefficient (Wildman–Crippen LogP) is 1.09. The average molecular weight is 194 g/mol. The van der Waals surface area contributed by atoms with Gasteiger partial charge < -0.3 is 9.88 Å². The molecule has 1 saturated carbocycles. The Labute approximate surface area is 84.7 Å². The van der Waals surface area contributed by atoms with Crippen LogP contribution in [0.3, 0.4) is 0 Å². The molecule has 14 heavy (non-hydrogen) atoms. The van der Waals surface area contributed by atoms with Crippen LogP contribution in [-0.2, 0) is 13.6 Å². The molecule has 2 unspecified atom stereocenters. The zero-order valence-electron chi connectivity index (χ0n) is 8.90. The van der Waals surface area contributed by atoms with Gasteiger partial charge in [-0.05, 0) is 18.8 Å². The van der Waals surface area contributed by atoms with Crippen molar-refractivity contribution in [2.45, 2.75) is 38.8 Å². The molecule has 1 aromatic heterocycles. The van der Waals surface area contributed by atoms with Crippen LogP contribution in [0.5, 0.6) is 0 Å². The van der Waals surface area contributed by atoms with Crippen molar-refractivity contribution < 1.29 is 0 Å². The molecule has 0 aromatic carbocycles. The minimum Gasteiger partial charge on any atom is -0.320 e. The summed E-state index contributed by atoms with van der Waals surface area (Å²) in [6.45, 7) is 3.16. The van der Waals surface area contributed by atoms with Crippen LogP contribution in [0.15, 0.2) is 6.33 Å². The molecule has 0 bridgehead atoms. The van der Waals surface area contributed by atoms with Gasteiger partial charge in [0.25, 0.3) is 0 Å². The lowest BCUT2D eigenvalue weighted by Gasteiger charge is -2.16. The standard InChI is InChI=1S/C10H18N4/c1-8-4-3-5-9(8)11-6-10-13-12-7-14(10)2/h7-9,11H,3-6H2,1-2H3. The second kappa shape index (κ2) is 4.09. The van der Waals surface area contributed by atoms with E-state index in [0.717, 1.165) is 18.3 Å². The van der Waals surface area contributed by atoms with Crippen LogP contribution in [0.25, 0.3) is 0 Å². The van der Waals surface area contributed by atoms with Gasteiger partial charge in [-0.1, -0.05) is 13.3 Å². The van der Waals surface area contributed by atoms with Gasteiger partial charge in [-0.15, -0.1) is 10.2 Å². The first kappa shape index (κ1) is 9.65. The van der Waals surface area contributed by atoms with Crippen molar-refractivity contribution in [2.75, 3.05) is 0 Å². The van der Waals surface area contributed by atoms with Crippen molar-refractivity contribution in [1.29, 1.82) is 0 Å². The average Bonchev–Trinajstić information content (AvgIpc) is 2.72. The maximum atomic E-state index is 4.05. The molecule has 1 aliphatic carbocycles. The number of aromatic nitrogens is 3. The third-order valence-corrected chi connectivity index (χ3v) is 3.19. The van der Waals surface area contributed by atoms with Crippen LogP contribution in [0.2, 0.25) is 0 Å². The number of nitrogens with one attached hydrogen (secondary N) is 1. The molecular formula is C10H18N4. The van der Waals surface area contributed by atoms with Crippen LogP contribution < -0.4 is 5.32 Å². The third kappa shape index (κ3) is 1.95. The van der Waals surface area contributed by atoms with Crippen molar-refractivity contribution >= 4 is 0 Å². The van der Waals surface area contributed by atoms with Gasteiger partial charge in [-0.25, -0.2) is 0 Å². The zero-order chi connectivity index (χ0) is 9.97. The predicted molar refractivity (Wildman–Crippen MR) is 54.6 cm³/mol. The fourth-order valence-corrected chi connectivity index (χ4v) is 2.14. The van der Waals surface area contributed by atoms with Crippen molar-refractivity contribution in [3.63, 3.8) is 0 Å². The number of hydrogen-bond donors (Lipinski definition) is 1. The van der Waals surface area contributed by atoms with Crippen LogP contribution in [0, 0.1) is 5.92 Å². The zero-order valence-corrected chi connectivity index (χ0v) is 8.90. The van der Waals surface area contributed by atoms with Crippen molar-refractivity contribution in [3.8, 4) is 0 Å². The fraction of sp³-hybridized carbons (Fsp3) is 0.800. The van der Waals surface area contributed by atoms with Crippen molar-refractivity contribution in [3.05, 3.63) is 12.2 Å². The smallest absolute Gasteiger partial charge is 0.146 e. The summed E-state index contributed by atoms with van der Waals surface area (Å²) in [4.78, 5) is 0. The fourth-order valence-electron chi connectivity index (χ4n) is 2.14. The summed E-state index contributed by atoms with van der Waals surface area (Å²) >= 11 is 0. The van der Waals surface area contributed by atoms with E-state index in [4.69, 9.17) is 0 Å². The Bertz CT molecular complexity index is 294. The van der Waals surface area contributed by atoms with E-state index in [1.165, 1.54) is 19.3 Å². The molecule has 4 nitrogen and oxygen atoms in total. The summed E-state index contributed by atoms with van der Waals surface area (Å²) < 4.78 is 1.96. The molecular weight excluding hydrogens is 176 g/mol. The lowest BCUT2D eigenvalue weighted by Crippen LogP contribution is -2.31. The molecule has 2 atom stereocenters. The first-order chi connectivity index (χ1) is 6.77. The Morgan fingerprint density at radius 2 is 2.43 bits per heavy atom. The van der Waals surface area contributed by atoms with Crippen molar-refractivity contribution in [2.24, 2.45) is 13.0 Å². The van der Waals surface area contributed by atoms with E-state index >= 15 is 0 Å². The van der Waals surface area contributed by atoms with Gasteiger partial charge in [0.2, 0.25) is 0 Å².